The predicted molar refractivity (Wildman–Crippen MR) is 56.2 cm³/mol. The summed E-state index contributed by atoms with van der Waals surface area (Å²) in [5, 5.41) is 8.93. The third-order valence-electron chi connectivity index (χ3n) is 1.41. The molecule has 1 rings (SSSR count). The molecule has 0 saturated carbocycles. The Bertz CT molecular complexity index is 424. The molecule has 4 heteroatoms. The Balaban J connectivity index is 2.98. The largest absolute Gasteiger partial charge is 0.242 e. The Morgan fingerprint density at radius 3 is 2.93 bits per heavy atom. The van der Waals surface area contributed by atoms with E-state index in [0.717, 1.165) is 0 Å². The van der Waals surface area contributed by atoms with E-state index in [0.29, 0.717) is 28.6 Å². The molecular formula is C10H6Cl2N2. The van der Waals surface area contributed by atoms with E-state index in [1.807, 2.05) is 6.07 Å². The molecule has 1 aromatic heterocycles. The van der Waals surface area contributed by atoms with Gasteiger partial charge in [-0.25, -0.2) is 4.98 Å². The monoisotopic (exact) mass is 224 g/mol. The zero-order chi connectivity index (χ0) is 10.4. The molecule has 0 aliphatic carbocycles. The van der Waals surface area contributed by atoms with Gasteiger partial charge in [-0.1, -0.05) is 23.4 Å². The number of rotatable bonds is 1. The van der Waals surface area contributed by atoms with Gasteiger partial charge in [0.05, 0.1) is 11.1 Å². The average Bonchev–Trinajstić information content (AvgIpc) is 2.21. The normalized spacial score (nSPS) is 8.64. The summed E-state index contributed by atoms with van der Waals surface area (Å²) in [5.74, 6) is 6.12. The summed E-state index contributed by atoms with van der Waals surface area (Å²) in [7, 11) is 0. The highest BCUT2D eigenvalue weighted by atomic mass is 35.5. The van der Waals surface area contributed by atoms with E-state index >= 15 is 0 Å². The maximum Gasteiger partial charge on any atom is 0.144 e. The molecule has 70 valence electrons. The predicted octanol–water partition coefficient (Wildman–Crippen LogP) is 2.59. The minimum absolute atomic E-state index is 0.311. The number of alkyl halides is 1. The number of aromatic nitrogens is 1. The van der Waals surface area contributed by atoms with Crippen molar-refractivity contribution in [2.45, 2.75) is 6.42 Å². The minimum atomic E-state index is 0.311. The SMILES string of the molecule is N#Cc1cnc(Cl)c(C#CCCCl)c1. The number of nitriles is 1. The number of hydrogen-bond acceptors (Lipinski definition) is 2. The van der Waals surface area contributed by atoms with Crippen LogP contribution in [0.2, 0.25) is 5.15 Å². The molecule has 0 N–H and O–H groups in total. The zero-order valence-corrected chi connectivity index (χ0v) is 8.73. The molecule has 0 amide bonds. The number of hydrogen-bond donors (Lipinski definition) is 0. The lowest BCUT2D eigenvalue weighted by atomic mass is 10.2. The maximum atomic E-state index is 8.62. The third-order valence-corrected chi connectivity index (χ3v) is 1.90. The molecule has 0 radical (unpaired) electrons. The van der Waals surface area contributed by atoms with Crippen molar-refractivity contribution in [2.75, 3.05) is 5.88 Å². The molecule has 0 saturated heterocycles. The van der Waals surface area contributed by atoms with Crippen LogP contribution in [0, 0.1) is 23.2 Å². The van der Waals surface area contributed by atoms with E-state index in [9.17, 15) is 0 Å². The second-order valence-electron chi connectivity index (χ2n) is 2.41. The van der Waals surface area contributed by atoms with Crippen molar-refractivity contribution in [3.63, 3.8) is 0 Å². The molecule has 0 aliphatic rings. The summed E-state index contributed by atoms with van der Waals surface area (Å²) in [5.41, 5.74) is 1.01. The van der Waals surface area contributed by atoms with Crippen LogP contribution in [0.25, 0.3) is 0 Å². The van der Waals surface area contributed by atoms with Crippen LogP contribution >= 0.6 is 23.2 Å². The van der Waals surface area contributed by atoms with Crippen molar-refractivity contribution in [3.8, 4) is 17.9 Å². The highest BCUT2D eigenvalue weighted by Crippen LogP contribution is 2.12. The van der Waals surface area contributed by atoms with Crippen LogP contribution < -0.4 is 0 Å². The van der Waals surface area contributed by atoms with E-state index in [4.69, 9.17) is 28.5 Å². The summed E-state index contributed by atoms with van der Waals surface area (Å²) in [6.07, 6.45) is 2.00. The van der Waals surface area contributed by atoms with Crippen LogP contribution in [0.15, 0.2) is 12.3 Å². The minimum Gasteiger partial charge on any atom is -0.242 e. The molecule has 14 heavy (non-hydrogen) atoms. The van der Waals surface area contributed by atoms with E-state index < -0.39 is 0 Å². The van der Waals surface area contributed by atoms with Crippen LogP contribution in [0.3, 0.4) is 0 Å². The number of halogens is 2. The fourth-order valence-electron chi connectivity index (χ4n) is 0.802. The van der Waals surface area contributed by atoms with Crippen molar-refractivity contribution in [2.24, 2.45) is 0 Å². The van der Waals surface area contributed by atoms with Crippen LogP contribution in [-0.4, -0.2) is 10.9 Å². The molecule has 0 atom stereocenters. The third kappa shape index (κ3) is 2.92. The molecule has 2 nitrogen and oxygen atoms in total. The Morgan fingerprint density at radius 2 is 2.29 bits per heavy atom. The maximum absolute atomic E-state index is 8.62. The van der Waals surface area contributed by atoms with Crippen LogP contribution in [0.4, 0.5) is 0 Å². The van der Waals surface area contributed by atoms with Crippen molar-refractivity contribution < 1.29 is 0 Å². The summed E-state index contributed by atoms with van der Waals surface area (Å²) < 4.78 is 0. The van der Waals surface area contributed by atoms with Gasteiger partial charge in [0.2, 0.25) is 0 Å². The van der Waals surface area contributed by atoms with Gasteiger partial charge in [0.25, 0.3) is 0 Å². The molecule has 0 spiro atoms. The first-order valence-corrected chi connectivity index (χ1v) is 4.79. The summed E-state index contributed by atoms with van der Waals surface area (Å²) in [6.45, 7) is 0. The second kappa shape index (κ2) is 5.50. The van der Waals surface area contributed by atoms with E-state index in [2.05, 4.69) is 16.8 Å². The first kappa shape index (κ1) is 10.9. The molecule has 0 aliphatic heterocycles. The Kier molecular flexibility index (Phi) is 4.26. The van der Waals surface area contributed by atoms with Crippen molar-refractivity contribution >= 4 is 23.2 Å². The molecule has 0 unspecified atom stereocenters. The topological polar surface area (TPSA) is 36.7 Å². The fraction of sp³-hybridized carbons (Fsp3) is 0.200. The standard InChI is InChI=1S/C10H6Cl2N2/c11-4-2-1-3-9-5-8(6-13)7-14-10(9)12/h5,7H,2,4H2. The molecule has 0 bridgehead atoms. The van der Waals surface area contributed by atoms with Gasteiger partial charge in [-0.2, -0.15) is 5.26 Å². The first-order chi connectivity index (χ1) is 6.77. The highest BCUT2D eigenvalue weighted by molar-refractivity contribution is 6.30. The van der Waals surface area contributed by atoms with Gasteiger partial charge in [0.1, 0.15) is 11.2 Å². The van der Waals surface area contributed by atoms with Gasteiger partial charge < -0.3 is 0 Å². The molecule has 0 fully saturated rings. The second-order valence-corrected chi connectivity index (χ2v) is 3.15. The molecule has 0 aromatic carbocycles. The fourth-order valence-corrected chi connectivity index (χ4v) is 1.05. The van der Waals surface area contributed by atoms with E-state index in [-0.39, 0.29) is 0 Å². The van der Waals surface area contributed by atoms with Crippen LogP contribution in [0.5, 0.6) is 0 Å². The van der Waals surface area contributed by atoms with E-state index in [1.54, 1.807) is 6.07 Å². The Labute approximate surface area is 92.5 Å². The van der Waals surface area contributed by atoms with Crippen LogP contribution in [0.1, 0.15) is 17.5 Å². The first-order valence-electron chi connectivity index (χ1n) is 3.88. The summed E-state index contributed by atoms with van der Waals surface area (Å²) >= 11 is 11.2. The van der Waals surface area contributed by atoms with Crippen molar-refractivity contribution in [1.82, 2.24) is 4.98 Å². The lowest BCUT2D eigenvalue weighted by molar-refractivity contribution is 1.27. The summed E-state index contributed by atoms with van der Waals surface area (Å²) in [6, 6.07) is 3.58. The van der Waals surface area contributed by atoms with E-state index in [1.165, 1.54) is 6.20 Å². The van der Waals surface area contributed by atoms with Gasteiger partial charge in [-0.3, -0.25) is 0 Å². The quantitative estimate of drug-likeness (QED) is 0.418. The Morgan fingerprint density at radius 1 is 1.50 bits per heavy atom. The van der Waals surface area contributed by atoms with Crippen LogP contribution in [-0.2, 0) is 0 Å². The van der Waals surface area contributed by atoms with Gasteiger partial charge in [-0.15, -0.1) is 11.6 Å². The molecular weight excluding hydrogens is 219 g/mol. The van der Waals surface area contributed by atoms with Gasteiger partial charge in [-0.05, 0) is 6.07 Å². The number of pyridine rings is 1. The zero-order valence-electron chi connectivity index (χ0n) is 7.22. The van der Waals surface area contributed by atoms with Gasteiger partial charge in [0, 0.05) is 18.5 Å². The van der Waals surface area contributed by atoms with Gasteiger partial charge in [0.15, 0.2) is 0 Å². The van der Waals surface area contributed by atoms with Gasteiger partial charge >= 0.3 is 0 Å². The Hall–Kier alpha value is -1.22. The van der Waals surface area contributed by atoms with Crippen molar-refractivity contribution in [3.05, 3.63) is 28.5 Å². The number of nitrogens with zero attached hydrogens (tertiary/aromatic N) is 2. The summed E-state index contributed by atoms with van der Waals surface area (Å²) in [4.78, 5) is 3.84. The van der Waals surface area contributed by atoms with Crippen molar-refractivity contribution in [1.29, 1.82) is 5.26 Å². The molecule has 1 heterocycles. The highest BCUT2D eigenvalue weighted by Gasteiger charge is 1.99. The molecule has 1 aromatic rings. The average molecular weight is 225 g/mol. The lowest BCUT2D eigenvalue weighted by Gasteiger charge is -1.94. The smallest absolute Gasteiger partial charge is 0.144 e. The lowest BCUT2D eigenvalue weighted by Crippen LogP contribution is -1.85.